The third-order valence-corrected chi connectivity index (χ3v) is 2.81. The van der Waals surface area contributed by atoms with Crippen molar-refractivity contribution >= 4 is 11.6 Å². The summed E-state index contributed by atoms with van der Waals surface area (Å²) >= 11 is 0. The summed E-state index contributed by atoms with van der Waals surface area (Å²) in [7, 11) is 0. The predicted octanol–water partition coefficient (Wildman–Crippen LogP) is 2.50. The van der Waals surface area contributed by atoms with E-state index in [0.717, 1.165) is 12.1 Å². The van der Waals surface area contributed by atoms with Gasteiger partial charge in [-0.15, -0.1) is 0 Å². The summed E-state index contributed by atoms with van der Waals surface area (Å²) < 4.78 is 31.7. The summed E-state index contributed by atoms with van der Waals surface area (Å²) in [5.74, 6) is -1.75. The number of furan rings is 1. The molecule has 106 valence electrons. The molecule has 1 heterocycles. The molecular weight excluding hydrogens is 266 g/mol. The van der Waals surface area contributed by atoms with Gasteiger partial charge in [-0.05, 0) is 31.2 Å². The van der Waals surface area contributed by atoms with Crippen LogP contribution in [0.3, 0.4) is 0 Å². The van der Waals surface area contributed by atoms with Crippen molar-refractivity contribution in [2.45, 2.75) is 19.4 Å². The molecule has 0 bridgehead atoms. The van der Waals surface area contributed by atoms with Gasteiger partial charge in [-0.25, -0.2) is 8.78 Å². The molecule has 1 atom stereocenters. The van der Waals surface area contributed by atoms with Crippen molar-refractivity contribution < 1.29 is 18.0 Å². The highest BCUT2D eigenvalue weighted by atomic mass is 19.1. The highest BCUT2D eigenvalue weighted by Crippen LogP contribution is 2.17. The number of nitrogens with one attached hydrogen (secondary N) is 1. The molecule has 1 amide bonds. The molecule has 0 fully saturated rings. The average Bonchev–Trinajstić information content (AvgIpc) is 2.87. The van der Waals surface area contributed by atoms with Crippen molar-refractivity contribution in [3.63, 3.8) is 0 Å². The lowest BCUT2D eigenvalue weighted by Crippen LogP contribution is -2.34. The molecule has 0 saturated heterocycles. The summed E-state index contributed by atoms with van der Waals surface area (Å²) in [6, 6.07) is 5.11. The summed E-state index contributed by atoms with van der Waals surface area (Å²) in [5, 5.41) is 2.64. The van der Waals surface area contributed by atoms with Gasteiger partial charge in [0.05, 0.1) is 6.26 Å². The minimum absolute atomic E-state index is 0.111. The molecule has 0 aliphatic carbocycles. The van der Waals surface area contributed by atoms with Crippen molar-refractivity contribution in [3.05, 3.63) is 53.5 Å². The number of nitrogens with two attached hydrogens (primary N) is 1. The lowest BCUT2D eigenvalue weighted by atomic mass is 10.1. The second kappa shape index (κ2) is 5.73. The molecule has 1 unspecified atom stereocenters. The van der Waals surface area contributed by atoms with Crippen molar-refractivity contribution in [1.29, 1.82) is 0 Å². The van der Waals surface area contributed by atoms with Gasteiger partial charge in [0.15, 0.2) is 0 Å². The Kier molecular flexibility index (Phi) is 4.02. The van der Waals surface area contributed by atoms with Crippen LogP contribution in [0.5, 0.6) is 0 Å². The quantitative estimate of drug-likeness (QED) is 0.845. The van der Waals surface area contributed by atoms with Crippen molar-refractivity contribution in [1.82, 2.24) is 5.32 Å². The molecule has 0 aliphatic rings. The van der Waals surface area contributed by atoms with E-state index in [1.54, 1.807) is 19.1 Å². The van der Waals surface area contributed by atoms with Crippen LogP contribution in [0.25, 0.3) is 0 Å². The van der Waals surface area contributed by atoms with Crippen LogP contribution in [0.1, 0.15) is 23.0 Å². The van der Waals surface area contributed by atoms with Crippen molar-refractivity contribution in [3.8, 4) is 0 Å². The van der Waals surface area contributed by atoms with Crippen LogP contribution in [-0.4, -0.2) is 11.9 Å². The predicted molar refractivity (Wildman–Crippen MR) is 70.1 cm³/mol. The van der Waals surface area contributed by atoms with Gasteiger partial charge in [-0.1, -0.05) is 0 Å². The van der Waals surface area contributed by atoms with Crippen LogP contribution in [0, 0.1) is 11.6 Å². The van der Waals surface area contributed by atoms with Crippen LogP contribution < -0.4 is 11.1 Å². The molecule has 4 nitrogen and oxygen atoms in total. The lowest BCUT2D eigenvalue weighted by molar-refractivity contribution is 0.0938. The molecule has 3 N–H and O–H groups in total. The number of anilines is 1. The number of halogens is 2. The first kappa shape index (κ1) is 14.0. The van der Waals surface area contributed by atoms with Gasteiger partial charge in [-0.2, -0.15) is 0 Å². The molecule has 1 aromatic heterocycles. The lowest BCUT2D eigenvalue weighted by Gasteiger charge is -2.13. The Morgan fingerprint density at radius 2 is 2.05 bits per heavy atom. The standard InChI is InChI=1S/C14H14F2N2O2/c1-8(5-10-3-2-4-20-10)18-14(19)9-6-11(15)13(17)12(16)7-9/h2-4,6-8H,5,17H2,1H3,(H,18,19). The Morgan fingerprint density at radius 3 is 2.60 bits per heavy atom. The molecule has 2 aromatic rings. The number of carbonyl (C=O) groups excluding carboxylic acids is 1. The number of amides is 1. The van der Waals surface area contributed by atoms with E-state index in [0.29, 0.717) is 12.2 Å². The van der Waals surface area contributed by atoms with Crippen LogP contribution in [-0.2, 0) is 6.42 Å². The molecule has 2 rings (SSSR count). The molecule has 0 radical (unpaired) electrons. The van der Waals surface area contributed by atoms with Gasteiger partial charge in [-0.3, -0.25) is 4.79 Å². The average molecular weight is 280 g/mol. The maximum Gasteiger partial charge on any atom is 0.251 e. The first-order valence-electron chi connectivity index (χ1n) is 6.05. The molecule has 20 heavy (non-hydrogen) atoms. The molecule has 6 heteroatoms. The van der Waals surface area contributed by atoms with Gasteiger partial charge in [0.2, 0.25) is 0 Å². The van der Waals surface area contributed by atoms with Gasteiger partial charge < -0.3 is 15.5 Å². The number of hydrogen-bond acceptors (Lipinski definition) is 3. The van der Waals surface area contributed by atoms with E-state index >= 15 is 0 Å². The van der Waals surface area contributed by atoms with Crippen LogP contribution >= 0.6 is 0 Å². The number of nitrogen functional groups attached to an aromatic ring is 1. The van der Waals surface area contributed by atoms with E-state index in [2.05, 4.69) is 5.32 Å². The van der Waals surface area contributed by atoms with Gasteiger partial charge in [0.25, 0.3) is 5.91 Å². The smallest absolute Gasteiger partial charge is 0.251 e. The zero-order chi connectivity index (χ0) is 14.7. The van der Waals surface area contributed by atoms with Crippen LogP contribution in [0.2, 0.25) is 0 Å². The monoisotopic (exact) mass is 280 g/mol. The second-order valence-corrected chi connectivity index (χ2v) is 4.51. The Bertz CT molecular complexity index is 589. The van der Waals surface area contributed by atoms with Crippen molar-refractivity contribution in [2.75, 3.05) is 5.73 Å². The second-order valence-electron chi connectivity index (χ2n) is 4.51. The molecule has 1 aromatic carbocycles. The Balaban J connectivity index is 2.04. The molecule has 0 saturated carbocycles. The van der Waals surface area contributed by atoms with Crippen LogP contribution in [0.15, 0.2) is 34.9 Å². The third kappa shape index (κ3) is 3.14. The third-order valence-electron chi connectivity index (χ3n) is 2.81. The van der Waals surface area contributed by atoms with Crippen molar-refractivity contribution in [2.24, 2.45) is 0 Å². The normalized spacial score (nSPS) is 12.2. The van der Waals surface area contributed by atoms with Gasteiger partial charge in [0.1, 0.15) is 23.1 Å². The molecular formula is C14H14F2N2O2. The Morgan fingerprint density at radius 1 is 1.40 bits per heavy atom. The number of carbonyl (C=O) groups is 1. The first-order chi connectivity index (χ1) is 9.47. The van der Waals surface area contributed by atoms with E-state index in [9.17, 15) is 13.6 Å². The first-order valence-corrected chi connectivity index (χ1v) is 6.05. The fraction of sp³-hybridized carbons (Fsp3) is 0.214. The SMILES string of the molecule is CC(Cc1ccco1)NC(=O)c1cc(F)c(N)c(F)c1. The number of hydrogen-bond donors (Lipinski definition) is 2. The van der Waals surface area contributed by atoms with Gasteiger partial charge in [0, 0.05) is 18.0 Å². The summed E-state index contributed by atoms with van der Waals surface area (Å²) in [6.07, 6.45) is 2.02. The summed E-state index contributed by atoms with van der Waals surface area (Å²) in [6.45, 7) is 1.77. The number of benzene rings is 1. The van der Waals surface area contributed by atoms with Crippen LogP contribution in [0.4, 0.5) is 14.5 Å². The van der Waals surface area contributed by atoms with E-state index in [1.165, 1.54) is 6.26 Å². The minimum atomic E-state index is -0.950. The Labute approximate surface area is 114 Å². The maximum atomic E-state index is 13.3. The topological polar surface area (TPSA) is 68.3 Å². The Hall–Kier alpha value is -2.37. The van der Waals surface area contributed by atoms with Gasteiger partial charge >= 0.3 is 0 Å². The summed E-state index contributed by atoms with van der Waals surface area (Å²) in [5.41, 5.74) is 4.45. The summed E-state index contributed by atoms with van der Waals surface area (Å²) in [4.78, 5) is 11.9. The highest BCUT2D eigenvalue weighted by Gasteiger charge is 2.15. The fourth-order valence-corrected chi connectivity index (χ4v) is 1.80. The van der Waals surface area contributed by atoms with E-state index in [1.807, 2.05) is 0 Å². The molecule has 0 aliphatic heterocycles. The van der Waals surface area contributed by atoms with E-state index in [-0.39, 0.29) is 11.6 Å². The largest absolute Gasteiger partial charge is 0.469 e. The minimum Gasteiger partial charge on any atom is -0.469 e. The zero-order valence-corrected chi connectivity index (χ0v) is 10.8. The maximum absolute atomic E-state index is 13.3. The molecule has 0 spiro atoms. The zero-order valence-electron chi connectivity index (χ0n) is 10.8. The fourth-order valence-electron chi connectivity index (χ4n) is 1.80. The van der Waals surface area contributed by atoms with E-state index < -0.39 is 23.2 Å². The number of rotatable bonds is 4. The highest BCUT2D eigenvalue weighted by molar-refractivity contribution is 5.94. The van der Waals surface area contributed by atoms with E-state index in [4.69, 9.17) is 10.2 Å².